The number of nitro groups is 1. The van der Waals surface area contributed by atoms with E-state index in [9.17, 15) is 15.2 Å². The Kier molecular flexibility index (Phi) is 5.11. The van der Waals surface area contributed by atoms with Gasteiger partial charge >= 0.3 is 5.69 Å². The van der Waals surface area contributed by atoms with Crippen molar-refractivity contribution < 1.29 is 10.0 Å². The molecule has 1 aromatic rings. The molecule has 0 heterocycles. The fraction of sp³-hybridized carbons (Fsp3) is 0.538. The maximum absolute atomic E-state index is 11.2. The minimum Gasteiger partial charge on any atom is -0.388 e. The van der Waals surface area contributed by atoms with Crippen molar-refractivity contribution in [1.29, 1.82) is 0 Å². The minimum absolute atomic E-state index is 0.0104. The lowest BCUT2D eigenvalue weighted by molar-refractivity contribution is -0.383. The van der Waals surface area contributed by atoms with Crippen LogP contribution in [0.15, 0.2) is 18.2 Å². The number of hydrogen-bond acceptors (Lipinski definition) is 5. The highest BCUT2D eigenvalue weighted by atomic mass is 16.6. The molecule has 1 aromatic carbocycles. The van der Waals surface area contributed by atoms with E-state index < -0.39 is 10.5 Å². The van der Waals surface area contributed by atoms with Crippen molar-refractivity contribution in [1.82, 2.24) is 0 Å². The van der Waals surface area contributed by atoms with Gasteiger partial charge in [0, 0.05) is 13.1 Å². The molecule has 0 aliphatic rings. The number of nitrogens with one attached hydrogen (secondary N) is 2. The normalized spacial score (nSPS) is 13.7. The Morgan fingerprint density at radius 3 is 2.37 bits per heavy atom. The quantitative estimate of drug-likeness (QED) is 0.522. The molecule has 1 unspecified atom stereocenters. The van der Waals surface area contributed by atoms with Gasteiger partial charge in [0.05, 0.1) is 10.5 Å². The molecule has 1 rings (SSSR count). The van der Waals surface area contributed by atoms with Gasteiger partial charge in [0.25, 0.3) is 0 Å². The van der Waals surface area contributed by atoms with Crippen molar-refractivity contribution in [3.8, 4) is 0 Å². The van der Waals surface area contributed by atoms with Crippen LogP contribution in [-0.4, -0.2) is 28.7 Å². The number of anilines is 2. The molecule has 6 heteroatoms. The second-order valence-electron chi connectivity index (χ2n) is 4.69. The van der Waals surface area contributed by atoms with E-state index in [-0.39, 0.29) is 12.2 Å². The van der Waals surface area contributed by atoms with Crippen LogP contribution in [0.2, 0.25) is 0 Å². The van der Waals surface area contributed by atoms with E-state index in [0.717, 1.165) is 0 Å². The number of rotatable bonds is 7. The number of aliphatic hydroxyl groups is 1. The first-order valence-electron chi connectivity index (χ1n) is 6.38. The zero-order valence-electron chi connectivity index (χ0n) is 11.6. The smallest absolute Gasteiger partial charge is 0.315 e. The summed E-state index contributed by atoms with van der Waals surface area (Å²) >= 11 is 0. The monoisotopic (exact) mass is 267 g/mol. The molecule has 0 saturated carbocycles. The average Bonchev–Trinajstić information content (AvgIpc) is 2.36. The molecule has 0 bridgehead atoms. The van der Waals surface area contributed by atoms with E-state index in [0.29, 0.717) is 24.3 Å². The van der Waals surface area contributed by atoms with Crippen molar-refractivity contribution in [2.24, 2.45) is 0 Å². The summed E-state index contributed by atoms with van der Waals surface area (Å²) in [5, 5.41) is 27.0. The first-order chi connectivity index (χ1) is 8.91. The predicted molar refractivity (Wildman–Crippen MR) is 76.7 cm³/mol. The van der Waals surface area contributed by atoms with Crippen LogP contribution < -0.4 is 10.6 Å². The number of para-hydroxylation sites is 1. The van der Waals surface area contributed by atoms with E-state index >= 15 is 0 Å². The first kappa shape index (κ1) is 15.2. The summed E-state index contributed by atoms with van der Waals surface area (Å²) in [6.07, 6.45) is 0.570. The van der Waals surface area contributed by atoms with Crippen molar-refractivity contribution >= 4 is 17.1 Å². The van der Waals surface area contributed by atoms with Gasteiger partial charge in [-0.3, -0.25) is 10.1 Å². The predicted octanol–water partition coefficient (Wildman–Crippen LogP) is 2.60. The molecule has 106 valence electrons. The summed E-state index contributed by atoms with van der Waals surface area (Å²) in [5.41, 5.74) is 0.0178. The Labute approximate surface area is 113 Å². The molecule has 6 nitrogen and oxygen atoms in total. The SMILES string of the molecule is CCNc1cccc(NCC(C)(O)CC)c1[N+](=O)[O-]. The van der Waals surface area contributed by atoms with Crippen LogP contribution in [0, 0.1) is 10.1 Å². The minimum atomic E-state index is -0.887. The van der Waals surface area contributed by atoms with Gasteiger partial charge in [-0.15, -0.1) is 0 Å². The van der Waals surface area contributed by atoms with Gasteiger partial charge in [-0.25, -0.2) is 0 Å². The van der Waals surface area contributed by atoms with Crippen LogP contribution in [0.1, 0.15) is 27.2 Å². The van der Waals surface area contributed by atoms with Gasteiger partial charge in [0.1, 0.15) is 11.4 Å². The summed E-state index contributed by atoms with van der Waals surface area (Å²) in [6, 6.07) is 5.06. The van der Waals surface area contributed by atoms with Crippen LogP contribution >= 0.6 is 0 Å². The maximum Gasteiger partial charge on any atom is 0.315 e. The van der Waals surface area contributed by atoms with Gasteiger partial charge in [-0.1, -0.05) is 13.0 Å². The van der Waals surface area contributed by atoms with Crippen LogP contribution in [0.5, 0.6) is 0 Å². The van der Waals surface area contributed by atoms with Gasteiger partial charge in [0.15, 0.2) is 0 Å². The molecule has 19 heavy (non-hydrogen) atoms. The molecule has 0 fully saturated rings. The lowest BCUT2D eigenvalue weighted by Crippen LogP contribution is -2.32. The standard InChI is InChI=1S/C13H21N3O3/c1-4-13(3,17)9-15-11-8-6-7-10(14-5-2)12(11)16(18)19/h6-8,14-15,17H,4-5,9H2,1-3H3. The molecule has 3 N–H and O–H groups in total. The van der Waals surface area contributed by atoms with Crippen molar-refractivity contribution in [3.05, 3.63) is 28.3 Å². The fourth-order valence-electron chi connectivity index (χ4n) is 1.63. The lowest BCUT2D eigenvalue weighted by Gasteiger charge is -2.22. The van der Waals surface area contributed by atoms with Gasteiger partial charge in [-0.2, -0.15) is 0 Å². The molecule has 1 atom stereocenters. The third-order valence-electron chi connectivity index (χ3n) is 3.01. The van der Waals surface area contributed by atoms with E-state index in [1.54, 1.807) is 25.1 Å². The lowest BCUT2D eigenvalue weighted by atomic mass is 10.0. The first-order valence-corrected chi connectivity index (χ1v) is 6.38. The molecule has 0 saturated heterocycles. The number of benzene rings is 1. The average molecular weight is 267 g/mol. The van der Waals surface area contributed by atoms with Gasteiger partial charge in [0.2, 0.25) is 0 Å². The summed E-state index contributed by atoms with van der Waals surface area (Å²) in [4.78, 5) is 10.8. The third kappa shape index (κ3) is 4.10. The number of nitrogens with zero attached hydrogens (tertiary/aromatic N) is 1. The van der Waals surface area contributed by atoms with Crippen molar-refractivity contribution in [3.63, 3.8) is 0 Å². The topological polar surface area (TPSA) is 87.4 Å². The highest BCUT2D eigenvalue weighted by molar-refractivity contribution is 5.76. The van der Waals surface area contributed by atoms with E-state index in [2.05, 4.69) is 10.6 Å². The Hall–Kier alpha value is -1.82. The second kappa shape index (κ2) is 6.38. The molecule has 0 radical (unpaired) electrons. The van der Waals surface area contributed by atoms with E-state index in [1.807, 2.05) is 13.8 Å². The van der Waals surface area contributed by atoms with Crippen LogP contribution in [0.25, 0.3) is 0 Å². The van der Waals surface area contributed by atoms with E-state index in [1.165, 1.54) is 0 Å². The molecular weight excluding hydrogens is 246 g/mol. The van der Waals surface area contributed by atoms with Gasteiger partial charge in [-0.05, 0) is 32.4 Å². The Morgan fingerprint density at radius 2 is 1.89 bits per heavy atom. The third-order valence-corrected chi connectivity index (χ3v) is 3.01. The highest BCUT2D eigenvalue weighted by Gasteiger charge is 2.22. The summed E-state index contributed by atoms with van der Waals surface area (Å²) < 4.78 is 0. The van der Waals surface area contributed by atoms with Crippen LogP contribution in [-0.2, 0) is 0 Å². The van der Waals surface area contributed by atoms with Crippen LogP contribution in [0.4, 0.5) is 17.1 Å². The largest absolute Gasteiger partial charge is 0.388 e. The zero-order valence-corrected chi connectivity index (χ0v) is 11.6. The second-order valence-corrected chi connectivity index (χ2v) is 4.69. The summed E-state index contributed by atoms with van der Waals surface area (Å²) in [5.74, 6) is 0. The molecule has 0 aromatic heterocycles. The van der Waals surface area contributed by atoms with Crippen molar-refractivity contribution in [2.75, 3.05) is 23.7 Å². The van der Waals surface area contributed by atoms with Crippen molar-refractivity contribution in [2.45, 2.75) is 32.8 Å². The highest BCUT2D eigenvalue weighted by Crippen LogP contribution is 2.33. The molecular formula is C13H21N3O3. The molecule has 0 aliphatic heterocycles. The molecule has 0 aliphatic carbocycles. The summed E-state index contributed by atoms with van der Waals surface area (Å²) in [7, 11) is 0. The Balaban J connectivity index is 3.00. The number of nitro benzene ring substituents is 1. The molecule has 0 amide bonds. The van der Waals surface area contributed by atoms with Gasteiger partial charge < -0.3 is 15.7 Å². The molecule has 0 spiro atoms. The number of hydrogen-bond donors (Lipinski definition) is 3. The summed E-state index contributed by atoms with van der Waals surface area (Å²) in [6.45, 7) is 6.31. The maximum atomic E-state index is 11.2. The fourth-order valence-corrected chi connectivity index (χ4v) is 1.63. The zero-order chi connectivity index (χ0) is 14.5. The van der Waals surface area contributed by atoms with E-state index in [4.69, 9.17) is 0 Å². The van der Waals surface area contributed by atoms with Crippen LogP contribution in [0.3, 0.4) is 0 Å². The Bertz CT molecular complexity index is 447. The Morgan fingerprint density at radius 1 is 1.32 bits per heavy atom.